The fourth-order valence-electron chi connectivity index (χ4n) is 1.45. The van der Waals surface area contributed by atoms with Crippen LogP contribution in [0.5, 0.6) is 0 Å². The summed E-state index contributed by atoms with van der Waals surface area (Å²) in [6.07, 6.45) is 0.193. The Hall–Kier alpha value is -0.120. The highest BCUT2D eigenvalue weighted by molar-refractivity contribution is 6.21. The summed E-state index contributed by atoms with van der Waals surface area (Å²) in [6, 6.07) is 0. The number of hydrogen-bond donors (Lipinski definition) is 0. The number of carbonyl (C=O) groups is 1. The summed E-state index contributed by atoms with van der Waals surface area (Å²) in [6.45, 7) is 3.39. The summed E-state index contributed by atoms with van der Waals surface area (Å²) in [5.74, 6) is -0.0462. The lowest BCUT2D eigenvalue weighted by atomic mass is 9.98. The molecular formula is C9H15ClO3. The molecule has 0 saturated carbocycles. The zero-order valence-electron chi connectivity index (χ0n) is 8.12. The molecule has 1 heterocycles. The molecule has 76 valence electrons. The maximum atomic E-state index is 11.1. The number of methoxy groups -OCH3 is 1. The van der Waals surface area contributed by atoms with Crippen molar-refractivity contribution in [3.63, 3.8) is 0 Å². The van der Waals surface area contributed by atoms with E-state index >= 15 is 0 Å². The first-order chi connectivity index (χ1) is 6.06. The molecule has 4 atom stereocenters. The predicted molar refractivity (Wildman–Crippen MR) is 49.8 cm³/mol. The molecule has 0 aromatic heterocycles. The highest BCUT2D eigenvalue weighted by atomic mass is 35.5. The van der Waals surface area contributed by atoms with Gasteiger partial charge in [-0.2, -0.15) is 0 Å². The summed E-state index contributed by atoms with van der Waals surface area (Å²) in [7, 11) is 1.58. The number of hydrogen-bond acceptors (Lipinski definition) is 3. The molecule has 1 aliphatic heterocycles. The van der Waals surface area contributed by atoms with Crippen LogP contribution >= 0.6 is 11.6 Å². The molecule has 1 fully saturated rings. The molecule has 4 unspecified atom stereocenters. The van der Waals surface area contributed by atoms with Crippen molar-refractivity contribution in [3.8, 4) is 0 Å². The number of rotatable bonds is 3. The van der Waals surface area contributed by atoms with Gasteiger partial charge in [-0.1, -0.05) is 6.92 Å². The van der Waals surface area contributed by atoms with Crippen LogP contribution in [0.3, 0.4) is 0 Å². The average molecular weight is 207 g/mol. The van der Waals surface area contributed by atoms with Gasteiger partial charge in [0.25, 0.3) is 0 Å². The standard InChI is InChI=1S/C9H15ClO3/c1-5(6(2)11)9-7(10)4-8(12-3)13-9/h5,7-9H,4H2,1-3H3. The monoisotopic (exact) mass is 206 g/mol. The number of halogens is 1. The van der Waals surface area contributed by atoms with Gasteiger partial charge in [-0.05, 0) is 6.92 Å². The summed E-state index contributed by atoms with van der Waals surface area (Å²) < 4.78 is 10.5. The van der Waals surface area contributed by atoms with E-state index in [1.807, 2.05) is 6.92 Å². The van der Waals surface area contributed by atoms with Gasteiger partial charge < -0.3 is 9.47 Å². The minimum atomic E-state index is -0.255. The summed E-state index contributed by atoms with van der Waals surface area (Å²) >= 11 is 6.03. The van der Waals surface area contributed by atoms with Crippen molar-refractivity contribution in [2.45, 2.75) is 38.0 Å². The third-order valence-corrected chi connectivity index (χ3v) is 2.91. The van der Waals surface area contributed by atoms with Crippen molar-refractivity contribution in [1.29, 1.82) is 0 Å². The topological polar surface area (TPSA) is 35.5 Å². The molecule has 3 nitrogen and oxygen atoms in total. The van der Waals surface area contributed by atoms with E-state index in [-0.39, 0.29) is 29.5 Å². The van der Waals surface area contributed by atoms with Crippen LogP contribution in [-0.4, -0.2) is 30.7 Å². The molecule has 0 amide bonds. The van der Waals surface area contributed by atoms with Crippen molar-refractivity contribution < 1.29 is 14.3 Å². The van der Waals surface area contributed by atoms with Crippen molar-refractivity contribution >= 4 is 17.4 Å². The molecule has 1 aliphatic rings. The van der Waals surface area contributed by atoms with Crippen LogP contribution in [0, 0.1) is 5.92 Å². The number of carbonyl (C=O) groups excluding carboxylic acids is 1. The van der Waals surface area contributed by atoms with E-state index in [2.05, 4.69) is 0 Å². The SMILES string of the molecule is COC1CC(Cl)C(C(C)C(C)=O)O1. The van der Waals surface area contributed by atoms with E-state index in [0.717, 1.165) is 0 Å². The first kappa shape index (κ1) is 11.0. The average Bonchev–Trinajstić information content (AvgIpc) is 2.45. The zero-order chi connectivity index (χ0) is 10.0. The van der Waals surface area contributed by atoms with Gasteiger partial charge in [0.2, 0.25) is 0 Å². The lowest BCUT2D eigenvalue weighted by Crippen LogP contribution is -2.30. The molecule has 13 heavy (non-hydrogen) atoms. The van der Waals surface area contributed by atoms with E-state index in [4.69, 9.17) is 21.1 Å². The Kier molecular flexibility index (Phi) is 3.71. The minimum Gasteiger partial charge on any atom is -0.356 e. The lowest BCUT2D eigenvalue weighted by Gasteiger charge is -2.18. The fourth-order valence-corrected chi connectivity index (χ4v) is 1.87. The summed E-state index contributed by atoms with van der Waals surface area (Å²) in [5.41, 5.74) is 0. The van der Waals surface area contributed by atoms with Crippen LogP contribution in [0.25, 0.3) is 0 Å². The second kappa shape index (κ2) is 4.40. The van der Waals surface area contributed by atoms with Gasteiger partial charge in [0.05, 0.1) is 11.5 Å². The Bertz CT molecular complexity index is 195. The molecule has 0 spiro atoms. The highest BCUT2D eigenvalue weighted by Crippen LogP contribution is 2.30. The van der Waals surface area contributed by atoms with Gasteiger partial charge in [0.1, 0.15) is 5.78 Å². The van der Waals surface area contributed by atoms with Crippen LogP contribution in [-0.2, 0) is 14.3 Å². The largest absolute Gasteiger partial charge is 0.356 e. The first-order valence-corrected chi connectivity index (χ1v) is 4.82. The third-order valence-electron chi connectivity index (χ3n) is 2.48. The number of ether oxygens (including phenoxy) is 2. The molecule has 0 radical (unpaired) electrons. The molecule has 0 N–H and O–H groups in total. The van der Waals surface area contributed by atoms with E-state index in [9.17, 15) is 4.79 Å². The second-order valence-corrected chi connectivity index (χ2v) is 3.98. The maximum absolute atomic E-state index is 11.1. The Morgan fingerprint density at radius 2 is 2.31 bits per heavy atom. The van der Waals surface area contributed by atoms with Gasteiger partial charge in [-0.15, -0.1) is 11.6 Å². The molecule has 4 heteroatoms. The van der Waals surface area contributed by atoms with Gasteiger partial charge in [0.15, 0.2) is 6.29 Å². The molecule has 0 aromatic carbocycles. The minimum absolute atomic E-state index is 0.104. The Labute approximate surface area is 83.3 Å². The summed E-state index contributed by atoms with van der Waals surface area (Å²) in [4.78, 5) is 11.1. The number of Topliss-reactive ketones (excluding diaryl/α,β-unsaturated/α-hetero) is 1. The van der Waals surface area contributed by atoms with Gasteiger partial charge in [-0.25, -0.2) is 0 Å². The summed E-state index contributed by atoms with van der Waals surface area (Å²) in [5, 5.41) is -0.121. The van der Waals surface area contributed by atoms with Crippen LogP contribution in [0.4, 0.5) is 0 Å². The van der Waals surface area contributed by atoms with Gasteiger partial charge in [0, 0.05) is 19.4 Å². The second-order valence-electron chi connectivity index (χ2n) is 3.42. The molecule has 0 aromatic rings. The lowest BCUT2D eigenvalue weighted by molar-refractivity contribution is -0.139. The fraction of sp³-hybridized carbons (Fsp3) is 0.889. The molecule has 0 aliphatic carbocycles. The van der Waals surface area contributed by atoms with Crippen molar-refractivity contribution in [3.05, 3.63) is 0 Å². The van der Waals surface area contributed by atoms with Gasteiger partial charge >= 0.3 is 0 Å². The first-order valence-electron chi connectivity index (χ1n) is 4.39. The quantitative estimate of drug-likeness (QED) is 0.658. The van der Waals surface area contributed by atoms with Crippen LogP contribution in [0.1, 0.15) is 20.3 Å². The maximum Gasteiger partial charge on any atom is 0.159 e. The van der Waals surface area contributed by atoms with E-state index in [1.54, 1.807) is 14.0 Å². The van der Waals surface area contributed by atoms with Crippen LogP contribution in [0.15, 0.2) is 0 Å². The third kappa shape index (κ3) is 2.42. The Morgan fingerprint density at radius 1 is 1.69 bits per heavy atom. The number of alkyl halides is 1. The smallest absolute Gasteiger partial charge is 0.159 e. The van der Waals surface area contributed by atoms with Crippen LogP contribution in [0.2, 0.25) is 0 Å². The van der Waals surface area contributed by atoms with Crippen LogP contribution < -0.4 is 0 Å². The molecule has 1 rings (SSSR count). The van der Waals surface area contributed by atoms with E-state index in [0.29, 0.717) is 6.42 Å². The highest BCUT2D eigenvalue weighted by Gasteiger charge is 2.38. The predicted octanol–water partition coefficient (Wildman–Crippen LogP) is 1.58. The Balaban J connectivity index is 2.56. The zero-order valence-corrected chi connectivity index (χ0v) is 8.88. The van der Waals surface area contributed by atoms with E-state index < -0.39 is 0 Å². The normalized spacial score (nSPS) is 36.2. The van der Waals surface area contributed by atoms with Crippen molar-refractivity contribution in [2.75, 3.05) is 7.11 Å². The molecular weight excluding hydrogens is 192 g/mol. The van der Waals surface area contributed by atoms with Crippen molar-refractivity contribution in [1.82, 2.24) is 0 Å². The van der Waals surface area contributed by atoms with E-state index in [1.165, 1.54) is 0 Å². The molecule has 1 saturated heterocycles. The van der Waals surface area contributed by atoms with Crippen molar-refractivity contribution in [2.24, 2.45) is 5.92 Å². The molecule has 0 bridgehead atoms. The number of ketones is 1. The Morgan fingerprint density at radius 3 is 2.69 bits per heavy atom. The van der Waals surface area contributed by atoms with Gasteiger partial charge in [-0.3, -0.25) is 4.79 Å².